The van der Waals surface area contributed by atoms with E-state index >= 15 is 0 Å². The lowest BCUT2D eigenvalue weighted by Crippen LogP contribution is -2.40. The highest BCUT2D eigenvalue weighted by atomic mass is 16.6. The molecule has 0 spiro atoms. The summed E-state index contributed by atoms with van der Waals surface area (Å²) in [5.41, 5.74) is 1.93. The standard InChI is InChI=1S/C21H24N4O6/c1-14-3-5-16(25(28)29)12-17(14)23-20(26)13-22-18-11-15(4-6-19(18)30-2)21(27)24-7-9-31-10-8-24/h3-6,11-12,22H,7-10,13H2,1-2H3,(H,23,26). The van der Waals surface area contributed by atoms with E-state index in [2.05, 4.69) is 10.6 Å². The molecule has 0 aromatic heterocycles. The van der Waals surface area contributed by atoms with Crippen LogP contribution in [-0.4, -0.2) is 61.6 Å². The third-order valence-corrected chi connectivity index (χ3v) is 4.89. The number of morpholine rings is 1. The number of benzene rings is 2. The van der Waals surface area contributed by atoms with Crippen molar-refractivity contribution in [1.29, 1.82) is 0 Å². The summed E-state index contributed by atoms with van der Waals surface area (Å²) < 4.78 is 10.6. The number of carbonyl (C=O) groups excluding carboxylic acids is 2. The molecular formula is C21H24N4O6. The van der Waals surface area contributed by atoms with Crippen LogP contribution in [0.5, 0.6) is 5.75 Å². The molecule has 2 aromatic rings. The highest BCUT2D eigenvalue weighted by Gasteiger charge is 2.20. The van der Waals surface area contributed by atoms with Crippen molar-refractivity contribution in [2.24, 2.45) is 0 Å². The fourth-order valence-corrected chi connectivity index (χ4v) is 3.16. The quantitative estimate of drug-likeness (QED) is 0.513. The van der Waals surface area contributed by atoms with Crippen molar-refractivity contribution in [3.05, 3.63) is 57.6 Å². The van der Waals surface area contributed by atoms with Crippen molar-refractivity contribution in [1.82, 2.24) is 4.90 Å². The minimum Gasteiger partial charge on any atom is -0.495 e. The number of nitro benzene ring substituents is 1. The van der Waals surface area contributed by atoms with Crippen LogP contribution >= 0.6 is 0 Å². The smallest absolute Gasteiger partial charge is 0.271 e. The lowest BCUT2D eigenvalue weighted by atomic mass is 10.1. The summed E-state index contributed by atoms with van der Waals surface area (Å²) in [5, 5.41) is 16.6. The number of anilines is 2. The van der Waals surface area contributed by atoms with E-state index in [1.54, 1.807) is 36.1 Å². The van der Waals surface area contributed by atoms with Crippen molar-refractivity contribution in [3.8, 4) is 5.75 Å². The number of nitrogens with zero attached hydrogens (tertiary/aromatic N) is 2. The fourth-order valence-electron chi connectivity index (χ4n) is 3.16. The molecule has 0 aliphatic carbocycles. The maximum atomic E-state index is 12.7. The summed E-state index contributed by atoms with van der Waals surface area (Å²) in [6, 6.07) is 9.25. The Morgan fingerprint density at radius 3 is 2.58 bits per heavy atom. The molecule has 2 N–H and O–H groups in total. The van der Waals surface area contributed by atoms with Crippen LogP contribution in [-0.2, 0) is 9.53 Å². The van der Waals surface area contributed by atoms with E-state index in [-0.39, 0.29) is 18.1 Å². The van der Waals surface area contributed by atoms with Crippen LogP contribution in [0.15, 0.2) is 36.4 Å². The molecule has 164 valence electrons. The number of non-ortho nitro benzene ring substituents is 1. The van der Waals surface area contributed by atoms with E-state index in [0.29, 0.717) is 54.6 Å². The summed E-state index contributed by atoms with van der Waals surface area (Å²) in [7, 11) is 1.50. The van der Waals surface area contributed by atoms with Gasteiger partial charge in [0, 0.05) is 30.8 Å². The van der Waals surface area contributed by atoms with Gasteiger partial charge in [-0.05, 0) is 30.7 Å². The van der Waals surface area contributed by atoms with Gasteiger partial charge in [-0.25, -0.2) is 0 Å². The van der Waals surface area contributed by atoms with Crippen LogP contribution in [0.2, 0.25) is 0 Å². The third kappa shape index (κ3) is 5.48. The topological polar surface area (TPSA) is 123 Å². The van der Waals surface area contributed by atoms with E-state index in [1.165, 1.54) is 19.2 Å². The molecule has 0 radical (unpaired) electrons. The first-order valence-electron chi connectivity index (χ1n) is 9.73. The van der Waals surface area contributed by atoms with Gasteiger partial charge in [-0.1, -0.05) is 6.07 Å². The molecular weight excluding hydrogens is 404 g/mol. The molecule has 3 rings (SSSR count). The second kappa shape index (κ2) is 9.90. The number of nitrogens with one attached hydrogen (secondary N) is 2. The first kappa shape index (κ1) is 22.0. The number of hydrogen-bond acceptors (Lipinski definition) is 7. The second-order valence-corrected chi connectivity index (χ2v) is 6.98. The molecule has 1 aliphatic rings. The Morgan fingerprint density at radius 1 is 1.16 bits per heavy atom. The summed E-state index contributed by atoms with van der Waals surface area (Å²) in [4.78, 5) is 37.3. The van der Waals surface area contributed by atoms with E-state index in [1.807, 2.05) is 0 Å². The molecule has 1 fully saturated rings. The summed E-state index contributed by atoms with van der Waals surface area (Å²) in [6.45, 7) is 3.69. The van der Waals surface area contributed by atoms with Crippen molar-refractivity contribution in [2.45, 2.75) is 6.92 Å². The van der Waals surface area contributed by atoms with Gasteiger partial charge in [-0.15, -0.1) is 0 Å². The zero-order chi connectivity index (χ0) is 22.4. The number of nitro groups is 1. The highest BCUT2D eigenvalue weighted by molar-refractivity contribution is 5.97. The highest BCUT2D eigenvalue weighted by Crippen LogP contribution is 2.26. The maximum Gasteiger partial charge on any atom is 0.271 e. The minimum absolute atomic E-state index is 0.107. The second-order valence-electron chi connectivity index (χ2n) is 6.98. The van der Waals surface area contributed by atoms with Gasteiger partial charge >= 0.3 is 0 Å². The number of amides is 2. The molecule has 2 amide bonds. The maximum absolute atomic E-state index is 12.7. The van der Waals surface area contributed by atoms with E-state index in [9.17, 15) is 19.7 Å². The van der Waals surface area contributed by atoms with Crippen molar-refractivity contribution in [3.63, 3.8) is 0 Å². The molecule has 31 heavy (non-hydrogen) atoms. The van der Waals surface area contributed by atoms with Crippen molar-refractivity contribution < 1.29 is 24.0 Å². The Hall–Kier alpha value is -3.66. The monoisotopic (exact) mass is 428 g/mol. The number of rotatable bonds is 7. The predicted molar refractivity (Wildman–Crippen MR) is 115 cm³/mol. The number of carbonyl (C=O) groups is 2. The van der Waals surface area contributed by atoms with Gasteiger partial charge in [0.05, 0.1) is 43.2 Å². The zero-order valence-electron chi connectivity index (χ0n) is 17.3. The van der Waals surface area contributed by atoms with Crippen LogP contribution in [0.1, 0.15) is 15.9 Å². The summed E-state index contributed by atoms with van der Waals surface area (Å²) in [5.74, 6) is -0.0286. The van der Waals surface area contributed by atoms with Gasteiger partial charge in [0.25, 0.3) is 11.6 Å². The first-order valence-corrected chi connectivity index (χ1v) is 9.73. The Morgan fingerprint density at radius 2 is 1.90 bits per heavy atom. The Kier molecular flexibility index (Phi) is 7.03. The summed E-state index contributed by atoms with van der Waals surface area (Å²) >= 11 is 0. The molecule has 10 nitrogen and oxygen atoms in total. The largest absolute Gasteiger partial charge is 0.495 e. The predicted octanol–water partition coefficient (Wildman–Crippen LogP) is 2.43. The Bertz CT molecular complexity index is 988. The number of aryl methyl sites for hydroxylation is 1. The Balaban J connectivity index is 1.69. The minimum atomic E-state index is -0.519. The Labute approximate surface area is 179 Å². The lowest BCUT2D eigenvalue weighted by molar-refractivity contribution is -0.384. The fraction of sp³-hybridized carbons (Fsp3) is 0.333. The number of hydrogen-bond donors (Lipinski definition) is 2. The van der Waals surface area contributed by atoms with Crippen molar-refractivity contribution >= 4 is 28.9 Å². The van der Waals surface area contributed by atoms with Crippen LogP contribution in [0.4, 0.5) is 17.1 Å². The van der Waals surface area contributed by atoms with Gasteiger partial charge < -0.3 is 25.0 Å². The third-order valence-electron chi connectivity index (χ3n) is 4.89. The van der Waals surface area contributed by atoms with Crippen LogP contribution in [0.25, 0.3) is 0 Å². The summed E-state index contributed by atoms with van der Waals surface area (Å²) in [6.07, 6.45) is 0. The van der Waals surface area contributed by atoms with Gasteiger partial charge in [0.2, 0.25) is 5.91 Å². The number of methoxy groups -OCH3 is 1. The lowest BCUT2D eigenvalue weighted by Gasteiger charge is -2.27. The van der Waals surface area contributed by atoms with Gasteiger partial charge in [-0.2, -0.15) is 0 Å². The average Bonchev–Trinajstić information content (AvgIpc) is 2.78. The van der Waals surface area contributed by atoms with Gasteiger partial charge in [-0.3, -0.25) is 19.7 Å². The molecule has 0 bridgehead atoms. The van der Waals surface area contributed by atoms with Crippen LogP contribution in [0.3, 0.4) is 0 Å². The molecule has 1 saturated heterocycles. The molecule has 2 aromatic carbocycles. The van der Waals surface area contributed by atoms with E-state index < -0.39 is 10.8 Å². The molecule has 0 atom stereocenters. The van der Waals surface area contributed by atoms with Gasteiger partial charge in [0.15, 0.2) is 0 Å². The molecule has 10 heteroatoms. The van der Waals surface area contributed by atoms with E-state index in [4.69, 9.17) is 9.47 Å². The molecule has 0 saturated carbocycles. The van der Waals surface area contributed by atoms with Gasteiger partial charge in [0.1, 0.15) is 5.75 Å². The molecule has 0 unspecified atom stereocenters. The van der Waals surface area contributed by atoms with Crippen LogP contribution in [0, 0.1) is 17.0 Å². The van der Waals surface area contributed by atoms with Crippen molar-refractivity contribution in [2.75, 3.05) is 50.6 Å². The average molecular weight is 428 g/mol. The number of ether oxygens (including phenoxy) is 2. The zero-order valence-corrected chi connectivity index (χ0v) is 17.3. The van der Waals surface area contributed by atoms with E-state index in [0.717, 1.165) is 0 Å². The normalized spacial score (nSPS) is 13.4. The molecule has 1 heterocycles. The van der Waals surface area contributed by atoms with Crippen LogP contribution < -0.4 is 15.4 Å². The molecule has 1 aliphatic heterocycles. The first-order chi connectivity index (χ1) is 14.9. The SMILES string of the molecule is COc1ccc(C(=O)N2CCOCC2)cc1NCC(=O)Nc1cc([N+](=O)[O-])ccc1C.